The Hall–Kier alpha value is -1.69. The summed E-state index contributed by atoms with van der Waals surface area (Å²) in [5.41, 5.74) is 0.184. The maximum absolute atomic E-state index is 13.9. The van der Waals surface area contributed by atoms with Gasteiger partial charge in [-0.15, -0.1) is 0 Å². The number of aromatic nitrogens is 1. The molecule has 0 spiro atoms. The maximum atomic E-state index is 13.9. The van der Waals surface area contributed by atoms with E-state index in [9.17, 15) is 13.6 Å². The number of anilines is 1. The highest BCUT2D eigenvalue weighted by Gasteiger charge is 2.18. The highest BCUT2D eigenvalue weighted by molar-refractivity contribution is 9.10. The van der Waals surface area contributed by atoms with Crippen LogP contribution in [0.5, 0.6) is 0 Å². The first-order valence-electron chi connectivity index (χ1n) is 6.05. The third kappa shape index (κ3) is 2.75. The normalized spacial score (nSPS) is 10.7. The zero-order chi connectivity index (χ0) is 14.9. The van der Waals surface area contributed by atoms with Crippen LogP contribution in [0.15, 0.2) is 28.9 Å². The van der Waals surface area contributed by atoms with Gasteiger partial charge in [0.2, 0.25) is 0 Å². The van der Waals surface area contributed by atoms with Crippen LogP contribution in [-0.4, -0.2) is 10.5 Å². The average molecular weight is 343 g/mol. The molecule has 0 aliphatic carbocycles. The number of carbonyl (C=O) groups is 1. The number of hydrogen-bond donors (Lipinski definition) is 1. The van der Waals surface area contributed by atoms with Crippen LogP contribution in [0.25, 0.3) is 0 Å². The zero-order valence-electron chi connectivity index (χ0n) is 11.0. The minimum atomic E-state index is -0.796. The molecule has 0 fully saturated rings. The lowest BCUT2D eigenvalue weighted by atomic mass is 10.2. The Kier molecular flexibility index (Phi) is 4.23. The van der Waals surface area contributed by atoms with E-state index in [2.05, 4.69) is 21.2 Å². The van der Waals surface area contributed by atoms with Crippen molar-refractivity contribution in [2.75, 3.05) is 5.32 Å². The van der Waals surface area contributed by atoms with Crippen LogP contribution in [0.3, 0.4) is 0 Å². The van der Waals surface area contributed by atoms with Crippen LogP contribution >= 0.6 is 15.9 Å². The summed E-state index contributed by atoms with van der Waals surface area (Å²) in [6, 6.07) is 4.05. The van der Waals surface area contributed by atoms with Gasteiger partial charge < -0.3 is 9.88 Å². The van der Waals surface area contributed by atoms with Gasteiger partial charge in [0.05, 0.1) is 0 Å². The van der Waals surface area contributed by atoms with Gasteiger partial charge in [-0.2, -0.15) is 0 Å². The standard InChI is InChI=1S/C14H13BrF2N2O/c1-3-19-7-9(15)6-11(19)14(20)18-13-10(16)5-4-8(2)12(13)17/h4-7H,3H2,1-2H3,(H,18,20). The molecule has 2 rings (SSSR count). The van der Waals surface area contributed by atoms with Crippen LogP contribution in [0.4, 0.5) is 14.5 Å². The molecule has 0 atom stereocenters. The Bertz CT molecular complexity index is 667. The fourth-order valence-corrected chi connectivity index (χ4v) is 2.34. The number of hydrogen-bond acceptors (Lipinski definition) is 1. The predicted molar refractivity (Wildman–Crippen MR) is 76.9 cm³/mol. The second kappa shape index (κ2) is 5.75. The summed E-state index contributed by atoms with van der Waals surface area (Å²) in [5, 5.41) is 2.29. The first-order chi connectivity index (χ1) is 9.43. The van der Waals surface area contributed by atoms with E-state index in [4.69, 9.17) is 0 Å². The highest BCUT2D eigenvalue weighted by Crippen LogP contribution is 2.23. The topological polar surface area (TPSA) is 34.0 Å². The molecule has 0 saturated heterocycles. The van der Waals surface area contributed by atoms with Gasteiger partial charge in [-0.05, 0) is 47.5 Å². The number of aryl methyl sites for hydroxylation is 2. The van der Waals surface area contributed by atoms with E-state index in [1.807, 2.05) is 6.92 Å². The zero-order valence-corrected chi connectivity index (χ0v) is 12.6. The predicted octanol–water partition coefficient (Wildman–Crippen LogP) is 4.11. The van der Waals surface area contributed by atoms with Crippen LogP contribution in [0.1, 0.15) is 23.0 Å². The molecule has 1 amide bonds. The summed E-state index contributed by atoms with van der Waals surface area (Å²) in [7, 11) is 0. The van der Waals surface area contributed by atoms with Crippen molar-refractivity contribution in [3.8, 4) is 0 Å². The van der Waals surface area contributed by atoms with E-state index in [-0.39, 0.29) is 5.56 Å². The Morgan fingerprint density at radius 1 is 1.40 bits per heavy atom. The van der Waals surface area contributed by atoms with Gasteiger partial charge in [0.25, 0.3) is 5.91 Å². The number of rotatable bonds is 3. The van der Waals surface area contributed by atoms with Crippen molar-refractivity contribution in [3.63, 3.8) is 0 Å². The second-order valence-electron chi connectivity index (χ2n) is 4.34. The summed E-state index contributed by atoms with van der Waals surface area (Å²) in [5.74, 6) is -2.11. The number of amides is 1. The molecule has 0 unspecified atom stereocenters. The summed E-state index contributed by atoms with van der Waals surface area (Å²) in [6.45, 7) is 3.96. The fourth-order valence-electron chi connectivity index (χ4n) is 1.88. The second-order valence-corrected chi connectivity index (χ2v) is 5.25. The van der Waals surface area contributed by atoms with Crippen LogP contribution in [0, 0.1) is 18.6 Å². The Morgan fingerprint density at radius 3 is 2.75 bits per heavy atom. The molecule has 1 N–H and O–H groups in total. The van der Waals surface area contributed by atoms with Gasteiger partial charge in [-0.1, -0.05) is 6.07 Å². The molecule has 1 heterocycles. The number of halogens is 3. The Morgan fingerprint density at radius 2 is 2.10 bits per heavy atom. The molecule has 0 aliphatic rings. The first-order valence-corrected chi connectivity index (χ1v) is 6.85. The minimum absolute atomic E-state index is 0.272. The van der Waals surface area contributed by atoms with Gasteiger partial charge in [0.1, 0.15) is 17.2 Å². The van der Waals surface area contributed by atoms with E-state index in [1.165, 1.54) is 13.0 Å². The quantitative estimate of drug-likeness (QED) is 0.894. The molecule has 1 aromatic carbocycles. The Labute approximate surface area is 123 Å². The van der Waals surface area contributed by atoms with E-state index in [0.29, 0.717) is 12.2 Å². The molecule has 6 heteroatoms. The molecule has 2 aromatic rings. The maximum Gasteiger partial charge on any atom is 0.272 e. The van der Waals surface area contributed by atoms with Crippen molar-refractivity contribution in [1.29, 1.82) is 0 Å². The first kappa shape index (κ1) is 14.7. The molecule has 106 valence electrons. The number of carbonyl (C=O) groups excluding carboxylic acids is 1. The van der Waals surface area contributed by atoms with Gasteiger partial charge in [0.15, 0.2) is 5.82 Å². The lowest BCUT2D eigenvalue weighted by molar-refractivity contribution is 0.101. The minimum Gasteiger partial charge on any atom is -0.343 e. The van der Waals surface area contributed by atoms with Gasteiger partial charge in [-0.25, -0.2) is 8.78 Å². The fraction of sp³-hybridized carbons (Fsp3) is 0.214. The third-order valence-corrected chi connectivity index (χ3v) is 3.39. The molecule has 3 nitrogen and oxygen atoms in total. The van der Waals surface area contributed by atoms with Crippen molar-refractivity contribution >= 4 is 27.5 Å². The lowest BCUT2D eigenvalue weighted by Crippen LogP contribution is -2.18. The lowest BCUT2D eigenvalue weighted by Gasteiger charge is -2.10. The number of benzene rings is 1. The van der Waals surface area contributed by atoms with Crippen molar-refractivity contribution in [2.24, 2.45) is 0 Å². The van der Waals surface area contributed by atoms with Crippen molar-refractivity contribution < 1.29 is 13.6 Å². The largest absolute Gasteiger partial charge is 0.343 e. The van der Waals surface area contributed by atoms with E-state index < -0.39 is 23.2 Å². The third-order valence-electron chi connectivity index (χ3n) is 2.96. The Balaban J connectivity index is 2.35. The molecule has 0 bridgehead atoms. The van der Waals surface area contributed by atoms with Crippen LogP contribution < -0.4 is 5.32 Å². The molecule has 1 aromatic heterocycles. The molecular weight excluding hydrogens is 330 g/mol. The smallest absolute Gasteiger partial charge is 0.272 e. The number of nitrogens with one attached hydrogen (secondary N) is 1. The molecule has 0 saturated carbocycles. The van der Waals surface area contributed by atoms with Crippen molar-refractivity contribution in [1.82, 2.24) is 4.57 Å². The van der Waals surface area contributed by atoms with E-state index >= 15 is 0 Å². The van der Waals surface area contributed by atoms with Crippen LogP contribution in [-0.2, 0) is 6.54 Å². The number of nitrogens with zero attached hydrogens (tertiary/aromatic N) is 1. The summed E-state index contributed by atoms with van der Waals surface area (Å²) < 4.78 is 29.9. The van der Waals surface area contributed by atoms with Gasteiger partial charge in [-0.3, -0.25) is 4.79 Å². The summed E-state index contributed by atoms with van der Waals surface area (Å²) in [4.78, 5) is 12.1. The van der Waals surface area contributed by atoms with E-state index in [1.54, 1.807) is 16.8 Å². The SMILES string of the molecule is CCn1cc(Br)cc1C(=O)Nc1c(F)ccc(C)c1F. The van der Waals surface area contributed by atoms with Crippen molar-refractivity contribution in [3.05, 3.63) is 51.8 Å². The molecule has 0 radical (unpaired) electrons. The van der Waals surface area contributed by atoms with E-state index in [0.717, 1.165) is 10.5 Å². The highest BCUT2D eigenvalue weighted by atomic mass is 79.9. The average Bonchev–Trinajstić information content (AvgIpc) is 2.80. The summed E-state index contributed by atoms with van der Waals surface area (Å²) >= 11 is 3.27. The molecule has 20 heavy (non-hydrogen) atoms. The van der Waals surface area contributed by atoms with Gasteiger partial charge >= 0.3 is 0 Å². The summed E-state index contributed by atoms with van der Waals surface area (Å²) in [6.07, 6.45) is 1.73. The molecule has 0 aliphatic heterocycles. The van der Waals surface area contributed by atoms with Gasteiger partial charge in [0, 0.05) is 17.2 Å². The van der Waals surface area contributed by atoms with Crippen LogP contribution in [0.2, 0.25) is 0 Å². The monoisotopic (exact) mass is 342 g/mol. The molecular formula is C14H13BrF2N2O. The van der Waals surface area contributed by atoms with Crippen molar-refractivity contribution in [2.45, 2.75) is 20.4 Å².